The van der Waals surface area contributed by atoms with Crippen LogP contribution in [0.5, 0.6) is 0 Å². The first-order chi connectivity index (χ1) is 14.3. The molecule has 0 spiro atoms. The normalized spacial score (nSPS) is 17.3. The van der Waals surface area contributed by atoms with Crippen LogP contribution < -0.4 is 20.7 Å². The van der Waals surface area contributed by atoms with Crippen LogP contribution in [0, 0.1) is 11.6 Å². The zero-order valence-electron chi connectivity index (χ0n) is 16.6. The molecule has 0 radical (unpaired) electrons. The standard InChI is InChI=1S/C20H25F2N5O2S/c1-2-24-20(25-12-14-6-8-16(9-7-14)30(23,28)29)26-15-10-11-27(13-15)19-17(21)4-3-5-18(19)22/h3-9,15H,2,10-13H2,1H3,(H2,23,28,29)(H2,24,25,26). The van der Waals surface area contributed by atoms with Gasteiger partial charge in [-0.2, -0.15) is 0 Å². The van der Waals surface area contributed by atoms with E-state index in [1.807, 2.05) is 6.92 Å². The fourth-order valence-electron chi connectivity index (χ4n) is 3.34. The number of primary sulfonamides is 1. The fraction of sp³-hybridized carbons (Fsp3) is 0.350. The number of nitrogens with zero attached hydrogens (tertiary/aromatic N) is 2. The number of aliphatic imine (C=N–C) groups is 1. The Morgan fingerprint density at radius 1 is 1.20 bits per heavy atom. The molecule has 1 saturated heterocycles. The Balaban J connectivity index is 1.64. The van der Waals surface area contributed by atoms with Crippen LogP contribution in [0.2, 0.25) is 0 Å². The average Bonchev–Trinajstić information content (AvgIpc) is 3.14. The van der Waals surface area contributed by atoms with Gasteiger partial charge < -0.3 is 15.5 Å². The van der Waals surface area contributed by atoms with E-state index in [4.69, 9.17) is 5.14 Å². The van der Waals surface area contributed by atoms with Crippen molar-refractivity contribution >= 4 is 21.7 Å². The van der Waals surface area contributed by atoms with Gasteiger partial charge in [-0.25, -0.2) is 27.3 Å². The van der Waals surface area contributed by atoms with Gasteiger partial charge in [0, 0.05) is 25.7 Å². The lowest BCUT2D eigenvalue weighted by Gasteiger charge is -2.21. The summed E-state index contributed by atoms with van der Waals surface area (Å²) in [6.45, 7) is 3.90. The van der Waals surface area contributed by atoms with Crippen molar-refractivity contribution in [2.24, 2.45) is 10.1 Å². The first kappa shape index (κ1) is 22.0. The Morgan fingerprint density at radius 2 is 1.87 bits per heavy atom. The molecule has 1 heterocycles. The molecule has 2 aromatic carbocycles. The number of benzene rings is 2. The lowest BCUT2D eigenvalue weighted by atomic mass is 10.2. The highest BCUT2D eigenvalue weighted by Gasteiger charge is 2.27. The maximum Gasteiger partial charge on any atom is 0.238 e. The minimum atomic E-state index is -3.73. The van der Waals surface area contributed by atoms with E-state index in [1.165, 1.54) is 30.3 Å². The predicted molar refractivity (Wildman–Crippen MR) is 113 cm³/mol. The Morgan fingerprint density at radius 3 is 2.47 bits per heavy atom. The number of halogens is 2. The Hall–Kier alpha value is -2.72. The smallest absolute Gasteiger partial charge is 0.238 e. The molecule has 0 bridgehead atoms. The molecular formula is C20H25F2N5O2S. The number of nitrogens with one attached hydrogen (secondary N) is 2. The number of sulfonamides is 1. The Bertz CT molecular complexity index is 992. The largest absolute Gasteiger partial charge is 0.365 e. The summed E-state index contributed by atoms with van der Waals surface area (Å²) < 4.78 is 50.8. The van der Waals surface area contributed by atoms with Crippen LogP contribution >= 0.6 is 0 Å². The topological polar surface area (TPSA) is 99.8 Å². The Labute approximate surface area is 175 Å². The molecule has 4 N–H and O–H groups in total. The molecule has 0 aliphatic carbocycles. The second kappa shape index (κ2) is 9.40. The number of rotatable bonds is 6. The molecule has 1 aliphatic heterocycles. The quantitative estimate of drug-likeness (QED) is 0.474. The van der Waals surface area contributed by atoms with Gasteiger partial charge in [-0.1, -0.05) is 18.2 Å². The average molecular weight is 438 g/mol. The second-order valence-corrected chi connectivity index (χ2v) is 8.59. The number of guanidine groups is 1. The van der Waals surface area contributed by atoms with Gasteiger partial charge in [-0.3, -0.25) is 0 Å². The van der Waals surface area contributed by atoms with Crippen molar-refractivity contribution < 1.29 is 17.2 Å². The lowest BCUT2D eigenvalue weighted by molar-refractivity contribution is 0.575. The third-order valence-electron chi connectivity index (χ3n) is 4.80. The summed E-state index contributed by atoms with van der Waals surface area (Å²) in [6, 6.07) is 10.0. The predicted octanol–water partition coefficient (Wildman–Crippen LogP) is 1.95. The van der Waals surface area contributed by atoms with E-state index in [9.17, 15) is 17.2 Å². The molecule has 7 nitrogen and oxygen atoms in total. The molecule has 1 atom stereocenters. The van der Waals surface area contributed by atoms with Gasteiger partial charge in [0.15, 0.2) is 5.96 Å². The zero-order valence-corrected chi connectivity index (χ0v) is 17.4. The molecule has 0 aromatic heterocycles. The molecule has 2 aromatic rings. The van der Waals surface area contributed by atoms with Gasteiger partial charge in [-0.05, 0) is 43.2 Å². The summed E-state index contributed by atoms with van der Waals surface area (Å²) in [5, 5.41) is 11.6. The van der Waals surface area contributed by atoms with Crippen LogP contribution in [0.15, 0.2) is 52.4 Å². The molecular weight excluding hydrogens is 412 g/mol. The fourth-order valence-corrected chi connectivity index (χ4v) is 3.86. The van der Waals surface area contributed by atoms with Crippen molar-refractivity contribution in [3.05, 3.63) is 59.7 Å². The van der Waals surface area contributed by atoms with E-state index >= 15 is 0 Å². The van der Waals surface area contributed by atoms with Crippen LogP contribution in [0.1, 0.15) is 18.9 Å². The van der Waals surface area contributed by atoms with E-state index in [1.54, 1.807) is 17.0 Å². The SMILES string of the molecule is CCNC(=NCc1ccc(S(N)(=O)=O)cc1)NC1CCN(c2c(F)cccc2F)C1. The van der Waals surface area contributed by atoms with Crippen LogP contribution in [-0.2, 0) is 16.6 Å². The first-order valence-electron chi connectivity index (χ1n) is 9.63. The number of anilines is 1. The molecule has 0 amide bonds. The van der Waals surface area contributed by atoms with Crippen molar-refractivity contribution in [2.45, 2.75) is 30.8 Å². The van der Waals surface area contributed by atoms with Gasteiger partial charge in [-0.15, -0.1) is 0 Å². The van der Waals surface area contributed by atoms with Gasteiger partial charge in [0.05, 0.1) is 11.4 Å². The summed E-state index contributed by atoms with van der Waals surface area (Å²) in [5.74, 6) is -0.563. The van der Waals surface area contributed by atoms with Crippen molar-refractivity contribution in [1.82, 2.24) is 10.6 Å². The maximum atomic E-state index is 14.0. The Kier molecular flexibility index (Phi) is 6.88. The highest BCUT2D eigenvalue weighted by Crippen LogP contribution is 2.26. The van der Waals surface area contributed by atoms with E-state index in [0.29, 0.717) is 38.6 Å². The highest BCUT2D eigenvalue weighted by atomic mass is 32.2. The number of para-hydroxylation sites is 1. The molecule has 30 heavy (non-hydrogen) atoms. The molecule has 1 unspecified atom stereocenters. The summed E-state index contributed by atoms with van der Waals surface area (Å²) in [4.78, 5) is 6.26. The molecule has 0 saturated carbocycles. The van der Waals surface area contributed by atoms with E-state index in [-0.39, 0.29) is 16.6 Å². The van der Waals surface area contributed by atoms with Crippen LogP contribution in [0.3, 0.4) is 0 Å². The third kappa shape index (κ3) is 5.45. The monoisotopic (exact) mass is 437 g/mol. The first-order valence-corrected chi connectivity index (χ1v) is 11.2. The molecule has 1 aliphatic rings. The number of nitrogens with two attached hydrogens (primary N) is 1. The van der Waals surface area contributed by atoms with Gasteiger partial charge >= 0.3 is 0 Å². The highest BCUT2D eigenvalue weighted by molar-refractivity contribution is 7.89. The van der Waals surface area contributed by atoms with E-state index in [0.717, 1.165) is 5.56 Å². The van der Waals surface area contributed by atoms with Crippen LogP contribution in [0.25, 0.3) is 0 Å². The third-order valence-corrected chi connectivity index (χ3v) is 5.73. The van der Waals surface area contributed by atoms with Gasteiger partial charge in [0.2, 0.25) is 10.0 Å². The van der Waals surface area contributed by atoms with Crippen molar-refractivity contribution in [2.75, 3.05) is 24.5 Å². The summed E-state index contributed by atoms with van der Waals surface area (Å²) in [5.41, 5.74) is 0.819. The second-order valence-electron chi connectivity index (χ2n) is 7.03. The molecule has 10 heteroatoms. The lowest BCUT2D eigenvalue weighted by Crippen LogP contribution is -2.44. The van der Waals surface area contributed by atoms with Crippen LogP contribution in [0.4, 0.5) is 14.5 Å². The van der Waals surface area contributed by atoms with Crippen molar-refractivity contribution in [3.8, 4) is 0 Å². The number of hydrogen-bond acceptors (Lipinski definition) is 4. The van der Waals surface area contributed by atoms with Gasteiger partial charge in [0.25, 0.3) is 0 Å². The molecule has 1 fully saturated rings. The van der Waals surface area contributed by atoms with E-state index < -0.39 is 21.7 Å². The number of hydrogen-bond donors (Lipinski definition) is 3. The van der Waals surface area contributed by atoms with Crippen molar-refractivity contribution in [3.63, 3.8) is 0 Å². The molecule has 162 valence electrons. The molecule has 3 rings (SSSR count). The summed E-state index contributed by atoms with van der Waals surface area (Å²) >= 11 is 0. The minimum Gasteiger partial charge on any atom is -0.365 e. The van der Waals surface area contributed by atoms with E-state index in [2.05, 4.69) is 15.6 Å². The summed E-state index contributed by atoms with van der Waals surface area (Å²) in [7, 11) is -3.73. The minimum absolute atomic E-state index is 0.00122. The van der Waals surface area contributed by atoms with Crippen LogP contribution in [-0.4, -0.2) is 40.1 Å². The zero-order chi connectivity index (χ0) is 21.7. The van der Waals surface area contributed by atoms with Crippen molar-refractivity contribution in [1.29, 1.82) is 0 Å². The maximum absolute atomic E-state index is 14.0. The summed E-state index contributed by atoms with van der Waals surface area (Å²) in [6.07, 6.45) is 0.710. The van der Waals surface area contributed by atoms with Gasteiger partial charge in [0.1, 0.15) is 17.3 Å².